The average molecular weight is 251 g/mol. The van der Waals surface area contributed by atoms with Crippen LogP contribution in [0.5, 0.6) is 0 Å². The first kappa shape index (κ1) is 11.8. The lowest BCUT2D eigenvalue weighted by molar-refractivity contribution is 0.0697. The van der Waals surface area contributed by atoms with E-state index < -0.39 is 17.2 Å². The minimum absolute atomic E-state index is 0.00222. The quantitative estimate of drug-likeness (QED) is 0.475. The van der Waals surface area contributed by atoms with Gasteiger partial charge in [-0.2, -0.15) is 0 Å². The number of nitrogens with one attached hydrogen (secondary N) is 1. The lowest BCUT2D eigenvalue weighted by atomic mass is 10.2. The Bertz CT molecular complexity index is 437. The molecule has 0 aromatic heterocycles. The Morgan fingerprint density at radius 1 is 1.53 bits per heavy atom. The summed E-state index contributed by atoms with van der Waals surface area (Å²) in [5, 5.41) is 8.70. The zero-order valence-electron chi connectivity index (χ0n) is 7.23. The van der Waals surface area contributed by atoms with E-state index in [0.29, 0.717) is 0 Å². The van der Waals surface area contributed by atoms with Gasteiger partial charge in [0, 0.05) is 0 Å². The molecule has 1 unspecified atom stereocenters. The fourth-order valence-electron chi connectivity index (χ4n) is 0.939. The molecule has 0 fully saturated rings. The van der Waals surface area contributed by atoms with Gasteiger partial charge in [-0.25, -0.2) is 9.00 Å². The molecule has 0 amide bonds. The molecule has 1 atom stereocenters. The molecule has 8 heteroatoms. The van der Waals surface area contributed by atoms with E-state index in [1.54, 1.807) is 0 Å². The minimum Gasteiger partial charge on any atom is -0.478 e. The molecule has 6 nitrogen and oxygen atoms in total. The third-order valence-electron chi connectivity index (χ3n) is 1.54. The monoisotopic (exact) mass is 250 g/mol. The second-order valence-electron chi connectivity index (χ2n) is 2.58. The second kappa shape index (κ2) is 4.47. The van der Waals surface area contributed by atoms with Crippen LogP contribution in [0.4, 0.5) is 11.4 Å². The molecule has 0 aliphatic heterocycles. The number of aromatic carboxylic acids is 1. The Morgan fingerprint density at radius 2 is 2.13 bits per heavy atom. The predicted octanol–water partition coefficient (Wildman–Crippen LogP) is 1.17. The van der Waals surface area contributed by atoms with Crippen molar-refractivity contribution in [3.8, 4) is 0 Å². The van der Waals surface area contributed by atoms with Gasteiger partial charge in [-0.3, -0.25) is 9.27 Å². The third-order valence-corrected chi connectivity index (χ3v) is 2.36. The standard InChI is InChI=1S/C7H7ClN2O4S/c8-6-4(9)1-3(7(11)12)2-5(6)10-15(13)14/h1-2,10H,9H2,(H,11,12)(H,13,14). The Labute approximate surface area is 92.5 Å². The Hall–Kier alpha value is -1.31. The van der Waals surface area contributed by atoms with Gasteiger partial charge in [0.2, 0.25) is 0 Å². The average Bonchev–Trinajstić information content (AvgIpc) is 2.11. The van der Waals surface area contributed by atoms with Crippen LogP contribution in [0.3, 0.4) is 0 Å². The summed E-state index contributed by atoms with van der Waals surface area (Å²) in [5.41, 5.74) is 5.31. The van der Waals surface area contributed by atoms with Crippen molar-refractivity contribution in [2.24, 2.45) is 0 Å². The second-order valence-corrected chi connectivity index (χ2v) is 3.66. The van der Waals surface area contributed by atoms with Gasteiger partial charge < -0.3 is 10.8 Å². The lowest BCUT2D eigenvalue weighted by Gasteiger charge is -2.07. The zero-order valence-corrected chi connectivity index (χ0v) is 8.80. The summed E-state index contributed by atoms with van der Waals surface area (Å²) < 4.78 is 21.1. The Balaban J connectivity index is 3.24. The molecule has 1 rings (SSSR count). The van der Waals surface area contributed by atoms with E-state index in [1.165, 1.54) is 0 Å². The summed E-state index contributed by atoms with van der Waals surface area (Å²) in [6.07, 6.45) is 0. The van der Waals surface area contributed by atoms with Crippen molar-refractivity contribution in [2.45, 2.75) is 0 Å². The summed E-state index contributed by atoms with van der Waals surface area (Å²) in [5.74, 6) is -1.20. The van der Waals surface area contributed by atoms with Crippen molar-refractivity contribution in [2.75, 3.05) is 10.5 Å². The number of anilines is 2. The molecule has 1 aromatic rings. The summed E-state index contributed by atoms with van der Waals surface area (Å²) >= 11 is 3.35. The van der Waals surface area contributed by atoms with Crippen LogP contribution in [0, 0.1) is 0 Å². The van der Waals surface area contributed by atoms with Gasteiger partial charge in [-0.1, -0.05) is 11.6 Å². The number of carbonyl (C=O) groups is 1. The van der Waals surface area contributed by atoms with Gasteiger partial charge in [0.1, 0.15) is 0 Å². The van der Waals surface area contributed by atoms with E-state index >= 15 is 0 Å². The van der Waals surface area contributed by atoms with Crippen LogP contribution in [-0.2, 0) is 11.3 Å². The summed E-state index contributed by atoms with van der Waals surface area (Å²) in [6.45, 7) is 0. The number of hydrogen-bond donors (Lipinski definition) is 4. The Kier molecular flexibility index (Phi) is 3.51. The van der Waals surface area contributed by atoms with Gasteiger partial charge in [0.15, 0.2) is 0 Å². The number of carboxylic acid groups (broad SMARTS) is 1. The van der Waals surface area contributed by atoms with Crippen molar-refractivity contribution < 1.29 is 18.7 Å². The van der Waals surface area contributed by atoms with Crippen molar-refractivity contribution in [1.82, 2.24) is 0 Å². The number of benzene rings is 1. The maximum Gasteiger partial charge on any atom is 0.335 e. The first-order valence-corrected chi connectivity index (χ1v) is 5.10. The van der Waals surface area contributed by atoms with Crippen molar-refractivity contribution >= 4 is 40.2 Å². The highest BCUT2D eigenvalue weighted by atomic mass is 35.5. The van der Waals surface area contributed by atoms with Gasteiger partial charge in [-0.15, -0.1) is 0 Å². The molecule has 0 saturated heterocycles. The van der Waals surface area contributed by atoms with Gasteiger partial charge >= 0.3 is 5.97 Å². The molecule has 5 N–H and O–H groups in total. The zero-order chi connectivity index (χ0) is 11.6. The van der Waals surface area contributed by atoms with Crippen LogP contribution in [0.25, 0.3) is 0 Å². The van der Waals surface area contributed by atoms with Crippen molar-refractivity contribution in [1.29, 1.82) is 0 Å². The molecule has 0 spiro atoms. The predicted molar refractivity (Wildman–Crippen MR) is 57.2 cm³/mol. The molecule has 0 radical (unpaired) electrons. The minimum atomic E-state index is -2.34. The summed E-state index contributed by atoms with van der Waals surface area (Å²) in [6, 6.07) is 2.28. The maximum atomic E-state index is 10.6. The maximum absolute atomic E-state index is 10.6. The first-order valence-electron chi connectivity index (χ1n) is 3.61. The molecule has 1 aromatic carbocycles. The molecule has 0 bridgehead atoms. The number of nitrogens with two attached hydrogens (primary N) is 1. The normalized spacial score (nSPS) is 12.1. The molecular formula is C7H7ClN2O4S. The smallest absolute Gasteiger partial charge is 0.335 e. The van der Waals surface area contributed by atoms with E-state index in [2.05, 4.69) is 4.72 Å². The Morgan fingerprint density at radius 3 is 2.60 bits per heavy atom. The molecule has 0 heterocycles. The van der Waals surface area contributed by atoms with Crippen LogP contribution in [0.15, 0.2) is 12.1 Å². The summed E-state index contributed by atoms with van der Waals surface area (Å²) in [7, 11) is 0. The number of rotatable bonds is 3. The number of nitrogen functional groups attached to an aromatic ring is 1. The third kappa shape index (κ3) is 2.82. The summed E-state index contributed by atoms with van der Waals surface area (Å²) in [4.78, 5) is 10.6. The fraction of sp³-hybridized carbons (Fsp3) is 0. The largest absolute Gasteiger partial charge is 0.478 e. The molecule has 15 heavy (non-hydrogen) atoms. The van der Waals surface area contributed by atoms with Crippen LogP contribution >= 0.6 is 11.6 Å². The molecule has 0 aliphatic carbocycles. The fourth-order valence-corrected chi connectivity index (χ4v) is 1.50. The highest BCUT2D eigenvalue weighted by Crippen LogP contribution is 2.30. The van der Waals surface area contributed by atoms with E-state index in [9.17, 15) is 9.00 Å². The van der Waals surface area contributed by atoms with Crippen LogP contribution in [0.2, 0.25) is 5.02 Å². The van der Waals surface area contributed by atoms with Crippen LogP contribution in [0.1, 0.15) is 10.4 Å². The van der Waals surface area contributed by atoms with E-state index in [-0.39, 0.29) is 22.0 Å². The van der Waals surface area contributed by atoms with E-state index in [0.717, 1.165) is 12.1 Å². The number of carboxylic acids is 1. The molecule has 0 aliphatic rings. The SMILES string of the molecule is Nc1cc(C(=O)O)cc(NS(=O)O)c1Cl. The number of halogens is 1. The van der Waals surface area contributed by atoms with Crippen LogP contribution in [-0.4, -0.2) is 19.8 Å². The molecule has 82 valence electrons. The van der Waals surface area contributed by atoms with E-state index in [4.69, 9.17) is 27.0 Å². The van der Waals surface area contributed by atoms with Gasteiger partial charge in [-0.05, 0) is 12.1 Å². The van der Waals surface area contributed by atoms with Crippen molar-refractivity contribution in [3.05, 3.63) is 22.7 Å². The topological polar surface area (TPSA) is 113 Å². The highest BCUT2D eigenvalue weighted by Gasteiger charge is 2.12. The highest BCUT2D eigenvalue weighted by molar-refractivity contribution is 7.80. The van der Waals surface area contributed by atoms with Gasteiger partial charge in [0.25, 0.3) is 11.3 Å². The van der Waals surface area contributed by atoms with Crippen LogP contribution < -0.4 is 10.5 Å². The van der Waals surface area contributed by atoms with E-state index in [1.807, 2.05) is 0 Å². The molecular weight excluding hydrogens is 244 g/mol. The number of hydrogen-bond acceptors (Lipinski definition) is 3. The molecule has 0 saturated carbocycles. The van der Waals surface area contributed by atoms with Crippen molar-refractivity contribution in [3.63, 3.8) is 0 Å². The van der Waals surface area contributed by atoms with Gasteiger partial charge in [0.05, 0.1) is 22.0 Å². The first-order chi connectivity index (χ1) is 6.91. The lowest BCUT2D eigenvalue weighted by Crippen LogP contribution is -2.06.